The Morgan fingerprint density at radius 2 is 1.43 bits per heavy atom. The summed E-state index contributed by atoms with van der Waals surface area (Å²) < 4.78 is 15.2. The predicted molar refractivity (Wildman–Crippen MR) is 113 cm³/mol. The number of ether oxygens (including phenoxy) is 3. The second-order valence-electron chi connectivity index (χ2n) is 7.57. The van der Waals surface area contributed by atoms with Crippen LogP contribution in [0.2, 0.25) is 0 Å². The maximum Gasteiger partial charge on any atom is 0.160 e. The van der Waals surface area contributed by atoms with Crippen LogP contribution in [0.15, 0.2) is 48.5 Å². The molecule has 2 aromatic carbocycles. The van der Waals surface area contributed by atoms with Gasteiger partial charge in [0.15, 0.2) is 11.5 Å². The second-order valence-corrected chi connectivity index (χ2v) is 7.57. The van der Waals surface area contributed by atoms with Crippen LogP contribution >= 0.6 is 0 Å². The Bertz CT molecular complexity index is 693. The number of hydrogen-bond donors (Lipinski definition) is 0. The average molecular weight is 384 g/mol. The molecule has 1 saturated carbocycles. The van der Waals surface area contributed by atoms with Crippen molar-refractivity contribution in [3.8, 4) is 17.2 Å². The van der Waals surface area contributed by atoms with Gasteiger partial charge in [-0.2, -0.15) is 0 Å². The molecule has 2 unspecified atom stereocenters. The van der Waals surface area contributed by atoms with E-state index in [9.17, 15) is 0 Å². The Labute approximate surface area is 169 Å². The number of hydrogen-bond acceptors (Lipinski definition) is 4. The monoisotopic (exact) mass is 383 g/mol. The highest BCUT2D eigenvalue weighted by molar-refractivity contribution is 5.39. The summed E-state index contributed by atoms with van der Waals surface area (Å²) in [4.78, 5) is 2.70. The van der Waals surface area contributed by atoms with Gasteiger partial charge in [-0.25, -0.2) is 0 Å². The fourth-order valence-corrected chi connectivity index (χ4v) is 4.45. The highest BCUT2D eigenvalue weighted by Gasteiger charge is 2.35. The summed E-state index contributed by atoms with van der Waals surface area (Å²) in [6.07, 6.45) is 7.18. The lowest BCUT2D eigenvalue weighted by molar-refractivity contribution is 0.176. The van der Waals surface area contributed by atoms with Crippen LogP contribution in [0.4, 0.5) is 0 Å². The zero-order valence-electron chi connectivity index (χ0n) is 17.4. The summed E-state index contributed by atoms with van der Waals surface area (Å²) in [5, 5.41) is 0. The molecule has 0 aromatic heterocycles. The van der Waals surface area contributed by atoms with Crippen LogP contribution in [-0.4, -0.2) is 38.8 Å². The first-order valence-corrected chi connectivity index (χ1v) is 10.3. The minimum absolute atomic E-state index is 0.769. The lowest BCUT2D eigenvalue weighted by atomic mass is 9.85. The predicted octanol–water partition coefficient (Wildman–Crippen LogP) is 5.16. The second kappa shape index (κ2) is 10.4. The van der Waals surface area contributed by atoms with Gasteiger partial charge in [0.2, 0.25) is 0 Å². The summed E-state index contributed by atoms with van der Waals surface area (Å²) >= 11 is 0. The molecule has 2 aliphatic rings. The maximum absolute atomic E-state index is 5.21. The number of fused-ring (bicyclic) bond motifs is 1. The Kier molecular flexibility index (Phi) is 7.61. The lowest BCUT2D eigenvalue weighted by Crippen LogP contribution is -2.34. The molecule has 1 saturated heterocycles. The van der Waals surface area contributed by atoms with E-state index >= 15 is 0 Å². The average Bonchev–Trinajstić information content (AvgIpc) is 3.17. The number of benzene rings is 2. The van der Waals surface area contributed by atoms with Crippen molar-refractivity contribution in [3.63, 3.8) is 0 Å². The van der Waals surface area contributed by atoms with E-state index in [1.165, 1.54) is 44.2 Å². The van der Waals surface area contributed by atoms with Crippen molar-refractivity contribution in [2.45, 2.75) is 44.7 Å². The molecule has 2 aromatic rings. The number of rotatable bonds is 5. The van der Waals surface area contributed by atoms with Crippen LogP contribution < -0.4 is 14.2 Å². The van der Waals surface area contributed by atoms with Crippen LogP contribution in [0.1, 0.15) is 37.7 Å². The smallest absolute Gasteiger partial charge is 0.160 e. The minimum Gasteiger partial charge on any atom is -0.497 e. The van der Waals surface area contributed by atoms with Crippen molar-refractivity contribution in [2.24, 2.45) is 5.92 Å². The van der Waals surface area contributed by atoms with Gasteiger partial charge >= 0.3 is 0 Å². The van der Waals surface area contributed by atoms with Crippen molar-refractivity contribution < 1.29 is 14.2 Å². The maximum atomic E-state index is 5.21. The molecular weight excluding hydrogens is 350 g/mol. The van der Waals surface area contributed by atoms with Crippen LogP contribution in [0.25, 0.3) is 0 Å². The van der Waals surface area contributed by atoms with Gasteiger partial charge in [0, 0.05) is 12.6 Å². The summed E-state index contributed by atoms with van der Waals surface area (Å²) in [6, 6.07) is 16.9. The van der Waals surface area contributed by atoms with Crippen LogP contribution in [0.3, 0.4) is 0 Å². The standard InChI is InChI=1S/C16H23NO.C8H10O2/c1-18-15-8-6-13(7-9-15)12-17-11-10-14-4-2-3-5-16(14)17;1-9-7-5-3-4-6-8(7)10-2/h6-9,14,16H,2-5,10-12H2,1H3;3-6H,1-2H3. The quantitative estimate of drug-likeness (QED) is 0.713. The molecule has 0 spiro atoms. The van der Waals surface area contributed by atoms with Gasteiger partial charge in [-0.15, -0.1) is 0 Å². The van der Waals surface area contributed by atoms with E-state index in [1.54, 1.807) is 21.3 Å². The third-order valence-electron chi connectivity index (χ3n) is 5.96. The van der Waals surface area contributed by atoms with E-state index in [0.717, 1.165) is 35.8 Å². The van der Waals surface area contributed by atoms with Gasteiger partial charge in [-0.05, 0) is 61.6 Å². The Hall–Kier alpha value is -2.20. The van der Waals surface area contributed by atoms with E-state index in [0.29, 0.717) is 0 Å². The third-order valence-corrected chi connectivity index (χ3v) is 5.96. The van der Waals surface area contributed by atoms with Crippen molar-refractivity contribution in [1.29, 1.82) is 0 Å². The largest absolute Gasteiger partial charge is 0.497 e. The van der Waals surface area contributed by atoms with E-state index in [1.807, 2.05) is 24.3 Å². The molecule has 4 nitrogen and oxygen atoms in total. The van der Waals surface area contributed by atoms with E-state index in [2.05, 4.69) is 29.2 Å². The minimum atomic E-state index is 0.769. The van der Waals surface area contributed by atoms with Gasteiger partial charge in [0.25, 0.3) is 0 Å². The summed E-state index contributed by atoms with van der Waals surface area (Å²) in [6.45, 7) is 2.41. The molecule has 4 rings (SSSR count). The zero-order valence-corrected chi connectivity index (χ0v) is 17.4. The van der Waals surface area contributed by atoms with Gasteiger partial charge in [0.1, 0.15) is 5.75 Å². The molecule has 2 atom stereocenters. The summed E-state index contributed by atoms with van der Waals surface area (Å²) in [5.41, 5.74) is 1.42. The summed E-state index contributed by atoms with van der Waals surface area (Å²) in [7, 11) is 4.97. The van der Waals surface area contributed by atoms with Crippen molar-refractivity contribution in [2.75, 3.05) is 27.9 Å². The van der Waals surface area contributed by atoms with Gasteiger partial charge in [0.05, 0.1) is 21.3 Å². The molecular formula is C24H33NO3. The fourth-order valence-electron chi connectivity index (χ4n) is 4.45. The Morgan fingerprint density at radius 1 is 0.786 bits per heavy atom. The lowest BCUT2D eigenvalue weighted by Gasteiger charge is -2.31. The van der Waals surface area contributed by atoms with Gasteiger partial charge in [-0.3, -0.25) is 4.90 Å². The number of methoxy groups -OCH3 is 3. The molecule has 0 amide bonds. The molecule has 0 N–H and O–H groups in total. The number of para-hydroxylation sites is 2. The molecule has 28 heavy (non-hydrogen) atoms. The Balaban J connectivity index is 0.000000192. The first-order chi connectivity index (χ1) is 13.7. The van der Waals surface area contributed by atoms with E-state index in [4.69, 9.17) is 14.2 Å². The van der Waals surface area contributed by atoms with Crippen LogP contribution in [0.5, 0.6) is 17.2 Å². The SMILES string of the molecule is COc1ccc(CN2CCC3CCCCC32)cc1.COc1ccccc1OC. The molecule has 4 heteroatoms. The normalized spacial score (nSPS) is 21.2. The highest BCUT2D eigenvalue weighted by atomic mass is 16.5. The van der Waals surface area contributed by atoms with Crippen molar-refractivity contribution in [3.05, 3.63) is 54.1 Å². The fraction of sp³-hybridized carbons (Fsp3) is 0.500. The number of likely N-dealkylation sites (tertiary alicyclic amines) is 1. The first kappa shape index (κ1) is 20.5. The van der Waals surface area contributed by atoms with Gasteiger partial charge < -0.3 is 14.2 Å². The van der Waals surface area contributed by atoms with Crippen molar-refractivity contribution >= 4 is 0 Å². The molecule has 0 bridgehead atoms. The molecule has 0 radical (unpaired) electrons. The first-order valence-electron chi connectivity index (χ1n) is 10.3. The van der Waals surface area contributed by atoms with Crippen LogP contribution in [0, 0.1) is 5.92 Å². The zero-order chi connectivity index (χ0) is 19.8. The molecule has 1 heterocycles. The molecule has 1 aliphatic carbocycles. The highest BCUT2D eigenvalue weighted by Crippen LogP contribution is 2.36. The molecule has 152 valence electrons. The molecule has 1 aliphatic heterocycles. The Morgan fingerprint density at radius 3 is 2.04 bits per heavy atom. The van der Waals surface area contributed by atoms with E-state index < -0.39 is 0 Å². The van der Waals surface area contributed by atoms with Gasteiger partial charge in [-0.1, -0.05) is 37.1 Å². The van der Waals surface area contributed by atoms with E-state index in [-0.39, 0.29) is 0 Å². The molecule has 2 fully saturated rings. The van der Waals surface area contributed by atoms with Crippen molar-refractivity contribution in [1.82, 2.24) is 4.90 Å². The number of nitrogens with zero attached hydrogens (tertiary/aromatic N) is 1. The topological polar surface area (TPSA) is 30.9 Å². The summed E-state index contributed by atoms with van der Waals surface area (Å²) in [5.74, 6) is 3.47. The third kappa shape index (κ3) is 5.20. The van der Waals surface area contributed by atoms with Crippen LogP contribution in [-0.2, 0) is 6.54 Å².